The molecule has 3 aromatic rings. The summed E-state index contributed by atoms with van der Waals surface area (Å²) in [6, 6.07) is 29.7. The Morgan fingerprint density at radius 1 is 0.577 bits per heavy atom. The van der Waals surface area contributed by atoms with Crippen LogP contribution in [0.2, 0.25) is 6.04 Å². The minimum Gasteiger partial charge on any atom is -0.483 e. The zero-order valence-corrected chi connectivity index (χ0v) is 16.3. The summed E-state index contributed by atoms with van der Waals surface area (Å²) in [4.78, 5) is 0. The number of rotatable bonds is 9. The van der Waals surface area contributed by atoms with Crippen molar-refractivity contribution in [3.8, 4) is 17.2 Å². The highest BCUT2D eigenvalue weighted by Gasteiger charge is 2.48. The summed E-state index contributed by atoms with van der Waals surface area (Å²) < 4.78 is 19.1. The lowest BCUT2D eigenvalue weighted by molar-refractivity contribution is 0.260. The van der Waals surface area contributed by atoms with Crippen LogP contribution in [-0.4, -0.2) is 14.6 Å². The zero-order chi connectivity index (χ0) is 18.1. The molecule has 0 spiro atoms. The van der Waals surface area contributed by atoms with Crippen molar-refractivity contribution in [1.82, 2.24) is 0 Å². The lowest BCUT2D eigenvalue weighted by Crippen LogP contribution is -2.54. The second-order valence-electron chi connectivity index (χ2n) is 5.76. The third-order valence-electron chi connectivity index (χ3n) is 3.69. The predicted molar refractivity (Wildman–Crippen MR) is 110 cm³/mol. The van der Waals surface area contributed by atoms with Crippen LogP contribution >= 0.6 is 12.6 Å². The first-order valence-electron chi connectivity index (χ1n) is 8.63. The molecule has 3 rings (SSSR count). The Morgan fingerprint density at radius 2 is 0.923 bits per heavy atom. The Kier molecular flexibility index (Phi) is 6.63. The first kappa shape index (κ1) is 18.4. The highest BCUT2D eigenvalue weighted by molar-refractivity contribution is 7.80. The van der Waals surface area contributed by atoms with Gasteiger partial charge in [-0.3, -0.25) is 0 Å². The minimum atomic E-state index is -3.09. The molecule has 0 N–H and O–H groups in total. The smallest absolute Gasteiger partial charge is 0.483 e. The molecule has 0 amide bonds. The normalized spacial score (nSPS) is 11.0. The lowest BCUT2D eigenvalue weighted by Gasteiger charge is -2.30. The van der Waals surface area contributed by atoms with E-state index in [1.54, 1.807) is 0 Å². The van der Waals surface area contributed by atoms with Crippen molar-refractivity contribution in [2.24, 2.45) is 0 Å². The maximum absolute atomic E-state index is 6.37. The number of thiol groups is 1. The van der Waals surface area contributed by atoms with Crippen LogP contribution in [0.5, 0.6) is 17.2 Å². The Hall–Kier alpha value is -2.37. The van der Waals surface area contributed by atoms with Crippen molar-refractivity contribution < 1.29 is 13.3 Å². The summed E-state index contributed by atoms with van der Waals surface area (Å²) in [7, 11) is -3.09. The van der Waals surface area contributed by atoms with Gasteiger partial charge in [0.25, 0.3) is 0 Å². The Labute approximate surface area is 161 Å². The second kappa shape index (κ2) is 9.36. The van der Waals surface area contributed by atoms with Gasteiger partial charge >= 0.3 is 8.80 Å². The second-order valence-corrected chi connectivity index (χ2v) is 8.68. The van der Waals surface area contributed by atoms with Gasteiger partial charge in [0.2, 0.25) is 0 Å². The fourth-order valence-corrected chi connectivity index (χ4v) is 5.50. The van der Waals surface area contributed by atoms with Gasteiger partial charge in [0.15, 0.2) is 0 Å². The Balaban J connectivity index is 1.94. The van der Waals surface area contributed by atoms with Gasteiger partial charge in [0, 0.05) is 0 Å². The highest BCUT2D eigenvalue weighted by atomic mass is 32.1. The third-order valence-corrected chi connectivity index (χ3v) is 6.61. The first-order chi connectivity index (χ1) is 12.8. The molecule has 134 valence electrons. The summed E-state index contributed by atoms with van der Waals surface area (Å²) in [5.41, 5.74) is 0. The molecule has 26 heavy (non-hydrogen) atoms. The lowest BCUT2D eigenvalue weighted by atomic mass is 10.3. The highest BCUT2D eigenvalue weighted by Crippen LogP contribution is 2.27. The molecular formula is C21H22O3SSi. The maximum atomic E-state index is 6.37. The van der Waals surface area contributed by atoms with E-state index in [2.05, 4.69) is 12.6 Å². The van der Waals surface area contributed by atoms with Gasteiger partial charge in [0.1, 0.15) is 17.2 Å². The zero-order valence-electron chi connectivity index (χ0n) is 14.5. The van der Waals surface area contributed by atoms with Crippen LogP contribution in [-0.2, 0) is 0 Å². The standard InChI is InChI=1S/C21H22O3SSi/c25-17-10-18-26(22-19-11-4-1-5-12-19,23-20-13-6-2-7-14-20)24-21-15-8-3-9-16-21/h1-9,11-16,25H,10,17-18H2. The van der Waals surface area contributed by atoms with Crippen molar-refractivity contribution in [3.05, 3.63) is 91.0 Å². The van der Waals surface area contributed by atoms with E-state index >= 15 is 0 Å². The molecule has 5 heteroatoms. The fourth-order valence-electron chi connectivity index (χ4n) is 2.52. The number of hydrogen-bond donors (Lipinski definition) is 1. The van der Waals surface area contributed by atoms with Crippen molar-refractivity contribution in [2.75, 3.05) is 5.75 Å². The summed E-state index contributed by atoms with van der Waals surface area (Å²) in [6.07, 6.45) is 0.835. The summed E-state index contributed by atoms with van der Waals surface area (Å²) in [5, 5.41) is 0. The van der Waals surface area contributed by atoms with E-state index in [4.69, 9.17) is 13.3 Å². The monoisotopic (exact) mass is 382 g/mol. The molecule has 0 aliphatic carbocycles. The molecule has 0 aliphatic heterocycles. The van der Waals surface area contributed by atoms with Gasteiger partial charge in [-0.2, -0.15) is 12.6 Å². The quantitative estimate of drug-likeness (QED) is 0.392. The fraction of sp³-hybridized carbons (Fsp3) is 0.143. The minimum absolute atomic E-state index is 0.662. The van der Waals surface area contributed by atoms with Crippen LogP contribution in [0.25, 0.3) is 0 Å². The molecule has 3 nitrogen and oxygen atoms in total. The van der Waals surface area contributed by atoms with Crippen molar-refractivity contribution in [2.45, 2.75) is 12.5 Å². The number of benzene rings is 3. The van der Waals surface area contributed by atoms with Gasteiger partial charge in [-0.1, -0.05) is 54.6 Å². The average molecular weight is 383 g/mol. The largest absolute Gasteiger partial charge is 0.699 e. The molecular weight excluding hydrogens is 360 g/mol. The molecule has 0 aliphatic rings. The average Bonchev–Trinajstić information content (AvgIpc) is 2.69. The van der Waals surface area contributed by atoms with Gasteiger partial charge < -0.3 is 13.3 Å². The SMILES string of the molecule is SCCC[Si](Oc1ccccc1)(Oc1ccccc1)Oc1ccccc1. The molecule has 0 saturated heterocycles. The van der Waals surface area contributed by atoms with Crippen molar-refractivity contribution >= 4 is 21.4 Å². The third kappa shape index (κ3) is 5.31. The molecule has 0 saturated carbocycles. The van der Waals surface area contributed by atoms with Crippen molar-refractivity contribution in [1.29, 1.82) is 0 Å². The topological polar surface area (TPSA) is 27.7 Å². The van der Waals surface area contributed by atoms with Crippen LogP contribution in [0.1, 0.15) is 6.42 Å². The number of para-hydroxylation sites is 3. The number of hydrogen-bond acceptors (Lipinski definition) is 4. The first-order valence-corrected chi connectivity index (χ1v) is 11.2. The molecule has 0 fully saturated rings. The summed E-state index contributed by atoms with van der Waals surface area (Å²) in [6.45, 7) is 0. The summed E-state index contributed by atoms with van der Waals surface area (Å²) in [5.74, 6) is 2.96. The van der Waals surface area contributed by atoms with Crippen LogP contribution in [0.4, 0.5) is 0 Å². The van der Waals surface area contributed by atoms with Gasteiger partial charge in [-0.05, 0) is 48.6 Å². The Morgan fingerprint density at radius 3 is 1.23 bits per heavy atom. The van der Waals surface area contributed by atoms with Gasteiger partial charge in [0.05, 0.1) is 6.04 Å². The van der Waals surface area contributed by atoms with Gasteiger partial charge in [-0.25, -0.2) is 0 Å². The van der Waals surface area contributed by atoms with Crippen molar-refractivity contribution in [3.63, 3.8) is 0 Å². The predicted octanol–water partition coefficient (Wildman–Crippen LogP) is 5.48. The van der Waals surface area contributed by atoms with Crippen LogP contribution in [0.15, 0.2) is 91.0 Å². The van der Waals surface area contributed by atoms with E-state index < -0.39 is 8.80 Å². The van der Waals surface area contributed by atoms with E-state index in [0.29, 0.717) is 6.04 Å². The molecule has 0 aromatic heterocycles. The summed E-state index contributed by atoms with van der Waals surface area (Å²) >= 11 is 4.37. The molecule has 3 aromatic carbocycles. The van der Waals surface area contributed by atoms with E-state index in [0.717, 1.165) is 29.4 Å². The van der Waals surface area contributed by atoms with Crippen LogP contribution in [0, 0.1) is 0 Å². The van der Waals surface area contributed by atoms with E-state index in [1.807, 2.05) is 91.0 Å². The maximum Gasteiger partial charge on any atom is 0.699 e. The van der Waals surface area contributed by atoms with Crippen LogP contribution < -0.4 is 13.3 Å². The molecule has 0 radical (unpaired) electrons. The van der Waals surface area contributed by atoms with E-state index in [9.17, 15) is 0 Å². The molecule has 0 unspecified atom stereocenters. The molecule has 0 heterocycles. The Bertz CT molecular complexity index is 668. The van der Waals surface area contributed by atoms with Gasteiger partial charge in [-0.15, -0.1) is 0 Å². The van der Waals surface area contributed by atoms with Crippen LogP contribution in [0.3, 0.4) is 0 Å². The molecule has 0 bridgehead atoms. The van der Waals surface area contributed by atoms with E-state index in [-0.39, 0.29) is 0 Å². The van der Waals surface area contributed by atoms with E-state index in [1.165, 1.54) is 0 Å². The molecule has 0 atom stereocenters.